The number of hydrogen-bond donors (Lipinski definition) is 0. The Labute approximate surface area is 96.8 Å². The molecule has 88 valence electrons. The first-order valence-electron chi connectivity index (χ1n) is 5.60. The Kier molecular flexibility index (Phi) is 2.90. The summed E-state index contributed by atoms with van der Waals surface area (Å²) in [7, 11) is 8.02. The molecule has 0 bridgehead atoms. The molecule has 1 heterocycles. The van der Waals surface area contributed by atoms with Crippen LogP contribution >= 0.6 is 0 Å². The lowest BCUT2D eigenvalue weighted by atomic mass is 10.3. The summed E-state index contributed by atoms with van der Waals surface area (Å²) in [4.78, 5) is 8.43. The normalized spacial score (nSPS) is 14.8. The third-order valence-corrected chi connectivity index (χ3v) is 2.58. The zero-order valence-electron chi connectivity index (χ0n) is 10.4. The maximum atomic E-state index is 5.96. The lowest BCUT2D eigenvalue weighted by Gasteiger charge is -2.22. The Morgan fingerprint density at radius 2 is 1.88 bits per heavy atom. The van der Waals surface area contributed by atoms with Crippen LogP contribution < -0.4 is 14.5 Å². The molecule has 1 fully saturated rings. The second-order valence-corrected chi connectivity index (χ2v) is 4.59. The Morgan fingerprint density at radius 3 is 2.38 bits per heavy atom. The first-order chi connectivity index (χ1) is 7.59. The van der Waals surface area contributed by atoms with Gasteiger partial charge in [-0.15, -0.1) is 0 Å². The van der Waals surface area contributed by atoms with Gasteiger partial charge in [0.05, 0.1) is 11.8 Å². The molecule has 1 aliphatic rings. The lowest BCUT2D eigenvalue weighted by molar-refractivity contribution is 0.303. The molecule has 1 aromatic heterocycles. The summed E-state index contributed by atoms with van der Waals surface area (Å²) < 4.78 is 5.96. The van der Waals surface area contributed by atoms with Crippen molar-refractivity contribution in [2.75, 3.05) is 38.0 Å². The van der Waals surface area contributed by atoms with Gasteiger partial charge in [-0.25, -0.2) is 4.98 Å². The fraction of sp³-hybridized carbons (Fsp3) is 0.583. The molecule has 0 radical (unpaired) electrons. The monoisotopic (exact) mass is 221 g/mol. The SMILES string of the molecule is CN(C)c1ccnc(N(C)C)c1OC1CC1. The molecule has 4 heteroatoms. The number of anilines is 2. The highest BCUT2D eigenvalue weighted by Gasteiger charge is 2.27. The van der Waals surface area contributed by atoms with E-state index in [2.05, 4.69) is 9.88 Å². The molecule has 0 spiro atoms. The molecular formula is C12H19N3O. The molecule has 16 heavy (non-hydrogen) atoms. The Hall–Kier alpha value is -1.45. The second kappa shape index (κ2) is 4.20. The Bertz CT molecular complexity index is 346. The molecule has 1 aromatic rings. The average molecular weight is 221 g/mol. The van der Waals surface area contributed by atoms with Gasteiger partial charge in [-0.2, -0.15) is 0 Å². The Morgan fingerprint density at radius 1 is 1.19 bits per heavy atom. The van der Waals surface area contributed by atoms with E-state index in [0.29, 0.717) is 6.10 Å². The highest BCUT2D eigenvalue weighted by atomic mass is 16.5. The summed E-state index contributed by atoms with van der Waals surface area (Å²) in [5.74, 6) is 1.80. The van der Waals surface area contributed by atoms with Crippen LogP contribution in [0.25, 0.3) is 0 Å². The number of aromatic nitrogens is 1. The number of hydrogen-bond acceptors (Lipinski definition) is 4. The molecule has 0 N–H and O–H groups in total. The smallest absolute Gasteiger partial charge is 0.185 e. The molecule has 0 aromatic carbocycles. The first kappa shape index (κ1) is 11.0. The highest BCUT2D eigenvalue weighted by Crippen LogP contribution is 2.38. The highest BCUT2D eigenvalue weighted by molar-refractivity contribution is 5.68. The van der Waals surface area contributed by atoms with Gasteiger partial charge < -0.3 is 14.5 Å². The standard InChI is InChI=1S/C12H19N3O/c1-14(2)10-7-8-13-12(15(3)4)11(10)16-9-5-6-9/h7-9H,5-6H2,1-4H3. The molecule has 1 saturated carbocycles. The predicted molar refractivity (Wildman–Crippen MR) is 66.5 cm³/mol. The van der Waals surface area contributed by atoms with E-state index in [0.717, 1.165) is 30.1 Å². The van der Waals surface area contributed by atoms with Crippen molar-refractivity contribution < 1.29 is 4.74 Å². The Balaban J connectivity index is 2.38. The summed E-state index contributed by atoms with van der Waals surface area (Å²) in [6.45, 7) is 0. The van der Waals surface area contributed by atoms with E-state index in [1.165, 1.54) is 0 Å². The quantitative estimate of drug-likeness (QED) is 0.774. The minimum absolute atomic E-state index is 0.390. The van der Waals surface area contributed by atoms with E-state index >= 15 is 0 Å². The van der Waals surface area contributed by atoms with Crippen LogP contribution in [0.1, 0.15) is 12.8 Å². The molecule has 1 aliphatic carbocycles. The van der Waals surface area contributed by atoms with Gasteiger partial charge in [-0.1, -0.05) is 0 Å². The van der Waals surface area contributed by atoms with E-state index in [-0.39, 0.29) is 0 Å². The van der Waals surface area contributed by atoms with Crippen LogP contribution in [0, 0.1) is 0 Å². The van der Waals surface area contributed by atoms with Gasteiger partial charge in [0.15, 0.2) is 11.6 Å². The van der Waals surface area contributed by atoms with Gasteiger partial charge in [0.1, 0.15) is 0 Å². The van der Waals surface area contributed by atoms with Crippen LogP contribution in [0.15, 0.2) is 12.3 Å². The third kappa shape index (κ3) is 2.21. The van der Waals surface area contributed by atoms with Crippen molar-refractivity contribution in [2.45, 2.75) is 18.9 Å². The van der Waals surface area contributed by atoms with E-state index < -0.39 is 0 Å². The van der Waals surface area contributed by atoms with Crippen molar-refractivity contribution in [1.29, 1.82) is 0 Å². The summed E-state index contributed by atoms with van der Waals surface area (Å²) >= 11 is 0. The molecule has 0 amide bonds. The molecule has 4 nitrogen and oxygen atoms in total. The molecule has 0 saturated heterocycles. The van der Waals surface area contributed by atoms with Crippen LogP contribution in [0.3, 0.4) is 0 Å². The number of rotatable bonds is 4. The lowest BCUT2D eigenvalue weighted by Crippen LogP contribution is -2.17. The summed E-state index contributed by atoms with van der Waals surface area (Å²) in [6.07, 6.45) is 4.54. The molecule has 0 unspecified atom stereocenters. The summed E-state index contributed by atoms with van der Waals surface area (Å²) in [5.41, 5.74) is 1.09. The maximum absolute atomic E-state index is 5.96. The van der Waals surface area contributed by atoms with Crippen molar-refractivity contribution in [3.05, 3.63) is 12.3 Å². The van der Waals surface area contributed by atoms with Gasteiger partial charge in [-0.3, -0.25) is 0 Å². The minimum Gasteiger partial charge on any atom is -0.484 e. The van der Waals surface area contributed by atoms with Crippen LogP contribution in [0.4, 0.5) is 11.5 Å². The van der Waals surface area contributed by atoms with E-state index in [1.807, 2.05) is 45.4 Å². The first-order valence-corrected chi connectivity index (χ1v) is 5.60. The number of nitrogens with zero attached hydrogens (tertiary/aromatic N) is 3. The molecule has 0 aliphatic heterocycles. The zero-order chi connectivity index (χ0) is 11.7. The largest absolute Gasteiger partial charge is 0.484 e. The summed E-state index contributed by atoms with van der Waals surface area (Å²) in [6, 6.07) is 1.99. The zero-order valence-corrected chi connectivity index (χ0v) is 10.4. The number of pyridine rings is 1. The van der Waals surface area contributed by atoms with Gasteiger partial charge >= 0.3 is 0 Å². The minimum atomic E-state index is 0.390. The average Bonchev–Trinajstić information content (AvgIpc) is 3.01. The van der Waals surface area contributed by atoms with Crippen molar-refractivity contribution in [1.82, 2.24) is 4.98 Å². The van der Waals surface area contributed by atoms with Crippen LogP contribution in [-0.2, 0) is 0 Å². The van der Waals surface area contributed by atoms with Gasteiger partial charge in [0, 0.05) is 34.4 Å². The van der Waals surface area contributed by atoms with Crippen LogP contribution in [-0.4, -0.2) is 39.3 Å². The third-order valence-electron chi connectivity index (χ3n) is 2.58. The van der Waals surface area contributed by atoms with Crippen LogP contribution in [0.5, 0.6) is 5.75 Å². The predicted octanol–water partition coefficient (Wildman–Crippen LogP) is 1.75. The fourth-order valence-electron chi connectivity index (χ4n) is 1.56. The van der Waals surface area contributed by atoms with E-state index in [9.17, 15) is 0 Å². The van der Waals surface area contributed by atoms with Crippen molar-refractivity contribution in [2.24, 2.45) is 0 Å². The molecular weight excluding hydrogens is 202 g/mol. The van der Waals surface area contributed by atoms with Crippen molar-refractivity contribution in [3.8, 4) is 5.75 Å². The van der Waals surface area contributed by atoms with Gasteiger partial charge in [-0.05, 0) is 18.9 Å². The van der Waals surface area contributed by atoms with Gasteiger partial charge in [0.2, 0.25) is 0 Å². The van der Waals surface area contributed by atoms with E-state index in [4.69, 9.17) is 4.74 Å². The summed E-state index contributed by atoms with van der Waals surface area (Å²) in [5, 5.41) is 0. The molecule has 2 rings (SSSR count). The topological polar surface area (TPSA) is 28.6 Å². The van der Waals surface area contributed by atoms with E-state index in [1.54, 1.807) is 0 Å². The second-order valence-electron chi connectivity index (χ2n) is 4.59. The molecule has 0 atom stereocenters. The van der Waals surface area contributed by atoms with Crippen molar-refractivity contribution >= 4 is 11.5 Å². The number of ether oxygens (including phenoxy) is 1. The maximum Gasteiger partial charge on any atom is 0.185 e. The van der Waals surface area contributed by atoms with Crippen LogP contribution in [0.2, 0.25) is 0 Å². The fourth-order valence-corrected chi connectivity index (χ4v) is 1.56. The van der Waals surface area contributed by atoms with Crippen molar-refractivity contribution in [3.63, 3.8) is 0 Å². The van der Waals surface area contributed by atoms with Gasteiger partial charge in [0.25, 0.3) is 0 Å².